The Hall–Kier alpha value is -1.89. The van der Waals surface area contributed by atoms with Gasteiger partial charge in [0.05, 0.1) is 26.2 Å². The average Bonchev–Trinajstić information content (AvgIpc) is 2.74. The normalized spacial score (nSPS) is 16.2. The summed E-state index contributed by atoms with van der Waals surface area (Å²) in [6.45, 7) is 8.01. The highest BCUT2D eigenvalue weighted by atomic mass is 16.4. The monoisotopic (exact) mass is 469 g/mol. The summed E-state index contributed by atoms with van der Waals surface area (Å²) in [6.07, 6.45) is 15.7. The fourth-order valence-corrected chi connectivity index (χ4v) is 4.58. The molecular formula is C26H47NO6. The van der Waals surface area contributed by atoms with Crippen LogP contribution in [0.2, 0.25) is 0 Å². The highest BCUT2D eigenvalue weighted by molar-refractivity contribution is 5.70. The van der Waals surface area contributed by atoms with Crippen molar-refractivity contribution in [1.82, 2.24) is 0 Å². The second-order valence-electron chi connectivity index (χ2n) is 9.85. The fourth-order valence-electron chi connectivity index (χ4n) is 4.58. The third-order valence-corrected chi connectivity index (χ3v) is 6.47. The molecule has 0 bridgehead atoms. The van der Waals surface area contributed by atoms with Crippen molar-refractivity contribution in [2.75, 3.05) is 26.2 Å². The van der Waals surface area contributed by atoms with Crippen LogP contribution in [0, 0.1) is 17.8 Å². The number of quaternary nitrogens is 1. The lowest BCUT2D eigenvalue weighted by molar-refractivity contribution is -0.934. The van der Waals surface area contributed by atoms with Gasteiger partial charge in [-0.05, 0) is 46.5 Å². The predicted molar refractivity (Wildman–Crippen MR) is 128 cm³/mol. The van der Waals surface area contributed by atoms with Gasteiger partial charge in [0.2, 0.25) is 0 Å². The zero-order chi connectivity index (χ0) is 25.3. The summed E-state index contributed by atoms with van der Waals surface area (Å²) < 4.78 is 0.183. The number of carboxylic acid groups (broad SMARTS) is 3. The molecule has 0 spiro atoms. The number of carbonyl (C=O) groups excluding carboxylic acids is 1. The summed E-state index contributed by atoms with van der Waals surface area (Å²) in [5, 5.41) is 30.3. The quantitative estimate of drug-likeness (QED) is 0.149. The van der Waals surface area contributed by atoms with Crippen LogP contribution in [0.15, 0.2) is 12.2 Å². The average molecular weight is 470 g/mol. The van der Waals surface area contributed by atoms with Crippen LogP contribution in [0.1, 0.15) is 91.9 Å². The number of hydrogen-bond acceptors (Lipinski definition) is 4. The number of aliphatic carboxylic acids is 3. The number of carboxylic acids is 3. The first-order valence-corrected chi connectivity index (χ1v) is 12.7. The third kappa shape index (κ3) is 14.8. The SMILES string of the molecule is C/C=C/CCCCCCCCCCC[N+](CC(C)C(=O)[O-])(CC(C)C(=O)O)CC(C)C(=O)O. The van der Waals surface area contributed by atoms with E-state index in [1.54, 1.807) is 20.8 Å². The largest absolute Gasteiger partial charge is 0.550 e. The second kappa shape index (κ2) is 17.6. The summed E-state index contributed by atoms with van der Waals surface area (Å²) in [5.74, 6) is -5.24. The van der Waals surface area contributed by atoms with Crippen molar-refractivity contribution in [1.29, 1.82) is 0 Å². The third-order valence-electron chi connectivity index (χ3n) is 6.47. The summed E-state index contributed by atoms with van der Waals surface area (Å²) >= 11 is 0. The number of rotatable bonds is 21. The minimum absolute atomic E-state index is 0.183. The van der Waals surface area contributed by atoms with Gasteiger partial charge in [-0.3, -0.25) is 9.59 Å². The van der Waals surface area contributed by atoms with Gasteiger partial charge in [-0.2, -0.15) is 0 Å². The van der Waals surface area contributed by atoms with Crippen molar-refractivity contribution in [2.45, 2.75) is 91.9 Å². The van der Waals surface area contributed by atoms with Crippen molar-refractivity contribution in [3.63, 3.8) is 0 Å². The van der Waals surface area contributed by atoms with Crippen LogP contribution < -0.4 is 5.11 Å². The van der Waals surface area contributed by atoms with Crippen LogP contribution in [-0.2, 0) is 14.4 Å². The second-order valence-corrected chi connectivity index (χ2v) is 9.85. The van der Waals surface area contributed by atoms with Gasteiger partial charge < -0.3 is 24.6 Å². The molecule has 0 aliphatic heterocycles. The molecule has 0 aromatic heterocycles. The number of carbonyl (C=O) groups is 3. The predicted octanol–water partition coefficient (Wildman–Crippen LogP) is 4.11. The molecule has 0 saturated heterocycles. The summed E-state index contributed by atoms with van der Waals surface area (Å²) in [5.41, 5.74) is 0. The zero-order valence-corrected chi connectivity index (χ0v) is 21.3. The van der Waals surface area contributed by atoms with E-state index in [0.29, 0.717) is 6.54 Å². The molecule has 33 heavy (non-hydrogen) atoms. The molecule has 2 N–H and O–H groups in total. The summed E-state index contributed by atoms with van der Waals surface area (Å²) in [6, 6.07) is 0. The van der Waals surface area contributed by atoms with Crippen LogP contribution in [0.4, 0.5) is 0 Å². The molecule has 3 unspecified atom stereocenters. The standard InChI is InChI=1S/C26H47NO6/c1-5-6-7-8-9-10-11-12-13-14-15-16-17-27(18-21(2)24(28)29,19-22(3)25(30)31)20-23(4)26(32)33/h5-6,21-23H,7-20H2,1-4H3,(H2-,28,29,30,31,32,33)/b6-5+. The summed E-state index contributed by atoms with van der Waals surface area (Å²) in [4.78, 5) is 34.5. The Morgan fingerprint density at radius 1 is 0.727 bits per heavy atom. The maximum Gasteiger partial charge on any atom is 0.311 e. The van der Waals surface area contributed by atoms with E-state index in [2.05, 4.69) is 12.2 Å². The van der Waals surface area contributed by atoms with Crippen molar-refractivity contribution in [2.24, 2.45) is 17.8 Å². The van der Waals surface area contributed by atoms with E-state index in [1.807, 2.05) is 6.92 Å². The van der Waals surface area contributed by atoms with Gasteiger partial charge in [-0.1, -0.05) is 57.6 Å². The number of nitrogens with zero attached hydrogens (tertiary/aromatic N) is 1. The molecule has 7 nitrogen and oxygen atoms in total. The van der Waals surface area contributed by atoms with E-state index in [9.17, 15) is 29.7 Å². The molecule has 0 aliphatic rings. The molecule has 0 aromatic rings. The van der Waals surface area contributed by atoms with Gasteiger partial charge in [-0.25, -0.2) is 0 Å². The van der Waals surface area contributed by atoms with E-state index in [4.69, 9.17) is 0 Å². The maximum absolute atomic E-state index is 11.5. The van der Waals surface area contributed by atoms with Gasteiger partial charge in [0.15, 0.2) is 0 Å². The first-order chi connectivity index (χ1) is 15.5. The lowest BCUT2D eigenvalue weighted by atomic mass is 10.00. The van der Waals surface area contributed by atoms with Crippen LogP contribution in [0.25, 0.3) is 0 Å². The van der Waals surface area contributed by atoms with E-state index in [-0.39, 0.29) is 24.1 Å². The van der Waals surface area contributed by atoms with Crippen molar-refractivity contribution >= 4 is 17.9 Å². The lowest BCUT2D eigenvalue weighted by Crippen LogP contribution is -2.58. The molecule has 0 aromatic carbocycles. The minimum atomic E-state index is -1.19. The van der Waals surface area contributed by atoms with Gasteiger partial charge in [0.25, 0.3) is 0 Å². The Balaban J connectivity index is 4.81. The molecule has 3 atom stereocenters. The maximum atomic E-state index is 11.5. The molecule has 0 fully saturated rings. The van der Waals surface area contributed by atoms with Crippen LogP contribution in [-0.4, -0.2) is 58.8 Å². The number of allylic oxidation sites excluding steroid dienone is 2. The van der Waals surface area contributed by atoms with Gasteiger partial charge in [0, 0.05) is 11.9 Å². The van der Waals surface area contributed by atoms with Crippen LogP contribution >= 0.6 is 0 Å². The fraction of sp³-hybridized carbons (Fsp3) is 0.808. The van der Waals surface area contributed by atoms with Crippen molar-refractivity contribution in [3.8, 4) is 0 Å². The zero-order valence-electron chi connectivity index (χ0n) is 21.3. The Kier molecular flexibility index (Phi) is 16.6. The Bertz CT molecular complexity index is 549. The highest BCUT2D eigenvalue weighted by Crippen LogP contribution is 2.22. The van der Waals surface area contributed by atoms with Crippen LogP contribution in [0.5, 0.6) is 0 Å². The molecule has 7 heteroatoms. The van der Waals surface area contributed by atoms with Crippen LogP contribution in [0.3, 0.4) is 0 Å². The van der Waals surface area contributed by atoms with E-state index < -0.39 is 35.7 Å². The van der Waals surface area contributed by atoms with Crippen molar-refractivity contribution < 1.29 is 34.2 Å². The van der Waals surface area contributed by atoms with E-state index in [1.165, 1.54) is 32.1 Å². The molecule has 0 amide bonds. The van der Waals surface area contributed by atoms with E-state index in [0.717, 1.165) is 32.1 Å². The molecule has 192 valence electrons. The number of hydrogen-bond donors (Lipinski definition) is 2. The lowest BCUT2D eigenvalue weighted by Gasteiger charge is -2.43. The molecule has 0 heterocycles. The Morgan fingerprint density at radius 3 is 1.52 bits per heavy atom. The first-order valence-electron chi connectivity index (χ1n) is 12.7. The van der Waals surface area contributed by atoms with Gasteiger partial charge in [0.1, 0.15) is 11.8 Å². The summed E-state index contributed by atoms with van der Waals surface area (Å²) in [7, 11) is 0. The highest BCUT2D eigenvalue weighted by Gasteiger charge is 2.36. The minimum Gasteiger partial charge on any atom is -0.550 e. The van der Waals surface area contributed by atoms with Gasteiger partial charge in [-0.15, -0.1) is 0 Å². The molecular weight excluding hydrogens is 422 g/mol. The smallest absolute Gasteiger partial charge is 0.311 e. The molecule has 0 saturated carbocycles. The van der Waals surface area contributed by atoms with Crippen molar-refractivity contribution in [3.05, 3.63) is 12.2 Å². The molecule has 0 rings (SSSR count). The Labute approximate surface area is 200 Å². The topological polar surface area (TPSA) is 115 Å². The first kappa shape index (κ1) is 31.1. The molecule has 0 radical (unpaired) electrons. The van der Waals surface area contributed by atoms with E-state index >= 15 is 0 Å². The Morgan fingerprint density at radius 2 is 1.12 bits per heavy atom. The molecule has 0 aliphatic carbocycles. The van der Waals surface area contributed by atoms with Gasteiger partial charge >= 0.3 is 11.9 Å². The number of unbranched alkanes of at least 4 members (excludes halogenated alkanes) is 9.